The van der Waals surface area contributed by atoms with Crippen LogP contribution in [0.5, 0.6) is 0 Å². The molecule has 1 unspecified atom stereocenters. The molecule has 0 bridgehead atoms. The zero-order chi connectivity index (χ0) is 29.5. The first-order valence-corrected chi connectivity index (χ1v) is 13.1. The highest BCUT2D eigenvalue weighted by molar-refractivity contribution is 6.32. The van der Waals surface area contributed by atoms with Crippen molar-refractivity contribution in [1.82, 2.24) is 40.7 Å². The zero-order valence-electron chi connectivity index (χ0n) is 21.6. The minimum Gasteiger partial charge on any atom is -0.465 e. The van der Waals surface area contributed by atoms with Gasteiger partial charge in [0.05, 0.1) is 17.4 Å². The third kappa shape index (κ3) is 7.11. The number of rotatable bonds is 9. The predicted octanol–water partition coefficient (Wildman–Crippen LogP) is 5.02. The van der Waals surface area contributed by atoms with Crippen molar-refractivity contribution in [3.8, 4) is 16.8 Å². The Labute approximate surface area is 249 Å². The van der Waals surface area contributed by atoms with Gasteiger partial charge in [0.15, 0.2) is 5.15 Å². The van der Waals surface area contributed by atoms with Crippen LogP contribution in [0.15, 0.2) is 85.5 Å². The highest BCUT2D eigenvalue weighted by Gasteiger charge is 2.19. The monoisotopic (exact) mass is 601 g/mol. The maximum Gasteiger partial charge on any atom is 0.409 e. The van der Waals surface area contributed by atoms with Crippen molar-refractivity contribution in [1.29, 1.82) is 0 Å². The number of benzene rings is 2. The van der Waals surface area contributed by atoms with Crippen LogP contribution < -0.4 is 10.6 Å². The minimum atomic E-state index is -1.17. The molecule has 1 atom stereocenters. The number of amides is 2. The van der Waals surface area contributed by atoms with Gasteiger partial charge in [0.25, 0.3) is 0 Å². The second-order valence-corrected chi connectivity index (χ2v) is 9.69. The van der Waals surface area contributed by atoms with Gasteiger partial charge in [-0.25, -0.2) is 4.79 Å². The molecular weight excluding hydrogens is 581 g/mol. The molecule has 0 saturated heterocycles. The van der Waals surface area contributed by atoms with Gasteiger partial charge in [-0.2, -0.15) is 9.78 Å². The van der Waals surface area contributed by atoms with Gasteiger partial charge in [-0.3, -0.25) is 15.1 Å². The molecule has 2 aromatic carbocycles. The Bertz CT molecular complexity index is 1730. The van der Waals surface area contributed by atoms with Crippen LogP contribution in [0, 0.1) is 0 Å². The van der Waals surface area contributed by atoms with Crippen molar-refractivity contribution in [3.05, 3.63) is 112 Å². The predicted molar refractivity (Wildman–Crippen MR) is 156 cm³/mol. The fourth-order valence-electron chi connectivity index (χ4n) is 4.13. The van der Waals surface area contributed by atoms with Crippen molar-refractivity contribution in [2.75, 3.05) is 5.32 Å². The number of nitrogens with zero attached hydrogens (tertiary/aromatic N) is 7. The molecule has 12 nitrogen and oxygen atoms in total. The average Bonchev–Trinajstić information content (AvgIpc) is 3.52. The topological polar surface area (TPSA) is 161 Å². The number of aromatic nitrogens is 7. The number of hydrogen-bond donors (Lipinski definition) is 3. The first-order chi connectivity index (χ1) is 20.4. The summed E-state index contributed by atoms with van der Waals surface area (Å²) in [6.07, 6.45) is 7.02. The van der Waals surface area contributed by atoms with Crippen LogP contribution in [0.25, 0.3) is 22.9 Å². The Hall–Kier alpha value is -5.20. The Morgan fingerprint density at radius 2 is 1.88 bits per heavy atom. The number of carbonyl (C=O) groups excluding carboxylic acids is 1. The molecule has 2 amide bonds. The number of halogens is 2. The van der Waals surface area contributed by atoms with Gasteiger partial charge in [0.2, 0.25) is 5.91 Å². The molecule has 0 fully saturated rings. The van der Waals surface area contributed by atoms with Crippen LogP contribution in [0.3, 0.4) is 0 Å². The number of nitrogens with one attached hydrogen (secondary N) is 2. The van der Waals surface area contributed by atoms with Gasteiger partial charge < -0.3 is 10.4 Å². The maximum atomic E-state index is 13.2. The molecule has 3 N–H and O–H groups in total. The summed E-state index contributed by atoms with van der Waals surface area (Å²) in [5.74, 6) is -0.395. The average molecular weight is 602 g/mol. The van der Waals surface area contributed by atoms with Crippen LogP contribution in [-0.2, 0) is 11.2 Å². The van der Waals surface area contributed by atoms with Gasteiger partial charge in [0.1, 0.15) is 6.33 Å². The molecule has 0 radical (unpaired) electrons. The van der Waals surface area contributed by atoms with Gasteiger partial charge in [-0.15, -0.1) is 10.2 Å². The van der Waals surface area contributed by atoms with Crippen molar-refractivity contribution in [2.45, 2.75) is 12.5 Å². The van der Waals surface area contributed by atoms with E-state index in [4.69, 9.17) is 28.3 Å². The molecule has 0 aliphatic heterocycles. The molecule has 0 spiro atoms. The summed E-state index contributed by atoms with van der Waals surface area (Å²) >= 11 is 12.6. The van der Waals surface area contributed by atoms with E-state index in [0.29, 0.717) is 45.2 Å². The van der Waals surface area contributed by atoms with Crippen LogP contribution in [0.1, 0.15) is 22.9 Å². The second-order valence-electron chi connectivity index (χ2n) is 8.90. The molecule has 3 heterocycles. The SMILES string of the molecule is O=C(O)Nc1ccc(-c2cc(C(Cc3cccnc3)NC(=O)C=Cc3cc(Cl)ccc3-n3cnnn3)nnc2Cl)cc1. The maximum absolute atomic E-state index is 13.2. The van der Waals surface area contributed by atoms with E-state index in [1.807, 2.05) is 6.07 Å². The number of hydrogen-bond acceptors (Lipinski definition) is 8. The minimum absolute atomic E-state index is 0.153. The summed E-state index contributed by atoms with van der Waals surface area (Å²) in [4.78, 5) is 28.3. The quantitative estimate of drug-likeness (QED) is 0.197. The van der Waals surface area contributed by atoms with Gasteiger partial charge in [-0.1, -0.05) is 41.4 Å². The number of carboxylic acid groups (broad SMARTS) is 1. The summed E-state index contributed by atoms with van der Waals surface area (Å²) in [6.45, 7) is 0. The molecule has 42 heavy (non-hydrogen) atoms. The van der Waals surface area contributed by atoms with E-state index >= 15 is 0 Å². The molecule has 5 aromatic rings. The number of tetrazole rings is 1. The molecule has 3 aromatic heterocycles. The van der Waals surface area contributed by atoms with Gasteiger partial charge >= 0.3 is 6.09 Å². The molecular formula is C28H21Cl2N9O3. The highest BCUT2D eigenvalue weighted by atomic mass is 35.5. The van der Waals surface area contributed by atoms with E-state index in [0.717, 1.165) is 5.56 Å². The van der Waals surface area contributed by atoms with E-state index < -0.39 is 18.0 Å². The van der Waals surface area contributed by atoms with E-state index in [1.54, 1.807) is 73.1 Å². The second kappa shape index (κ2) is 13.0. The third-order valence-electron chi connectivity index (χ3n) is 6.05. The first kappa shape index (κ1) is 28.3. The normalized spacial score (nSPS) is 11.8. The Balaban J connectivity index is 1.43. The lowest BCUT2D eigenvalue weighted by Gasteiger charge is -2.18. The molecule has 0 aliphatic rings. The summed E-state index contributed by atoms with van der Waals surface area (Å²) in [7, 11) is 0. The van der Waals surface area contributed by atoms with Gasteiger partial charge in [0, 0.05) is 40.3 Å². The Morgan fingerprint density at radius 3 is 2.60 bits per heavy atom. The van der Waals surface area contributed by atoms with Crippen molar-refractivity contribution < 1.29 is 14.7 Å². The molecule has 5 rings (SSSR count). The molecule has 210 valence electrons. The van der Waals surface area contributed by atoms with E-state index in [2.05, 4.69) is 41.3 Å². The number of carbonyl (C=O) groups is 2. The van der Waals surface area contributed by atoms with Crippen molar-refractivity contribution >= 4 is 47.0 Å². The lowest BCUT2D eigenvalue weighted by atomic mass is 10.0. The van der Waals surface area contributed by atoms with Crippen LogP contribution in [0.4, 0.5) is 10.5 Å². The van der Waals surface area contributed by atoms with Crippen LogP contribution in [-0.4, -0.2) is 52.5 Å². The highest BCUT2D eigenvalue weighted by Crippen LogP contribution is 2.30. The summed E-state index contributed by atoms with van der Waals surface area (Å²) in [5, 5.41) is 34.5. The molecule has 0 saturated carbocycles. The smallest absolute Gasteiger partial charge is 0.409 e. The third-order valence-corrected chi connectivity index (χ3v) is 6.57. The summed E-state index contributed by atoms with van der Waals surface area (Å²) < 4.78 is 1.47. The summed E-state index contributed by atoms with van der Waals surface area (Å²) in [6, 6.07) is 16.6. The van der Waals surface area contributed by atoms with Crippen molar-refractivity contribution in [3.63, 3.8) is 0 Å². The Kier molecular flexibility index (Phi) is 8.75. The largest absolute Gasteiger partial charge is 0.465 e. The van der Waals surface area contributed by atoms with E-state index in [-0.39, 0.29) is 5.15 Å². The van der Waals surface area contributed by atoms with Crippen molar-refractivity contribution in [2.24, 2.45) is 0 Å². The Morgan fingerprint density at radius 1 is 1.05 bits per heavy atom. The fraction of sp³-hybridized carbons (Fsp3) is 0.0714. The first-order valence-electron chi connectivity index (χ1n) is 12.4. The van der Waals surface area contributed by atoms with E-state index in [9.17, 15) is 9.59 Å². The number of pyridine rings is 1. The van der Waals surface area contributed by atoms with Crippen LogP contribution in [0.2, 0.25) is 10.2 Å². The standard InChI is InChI=1S/C28H21Cl2N9O3/c29-20-6-9-25(39-16-32-37-38-39)19(13-20)5-10-26(40)34-23(12-17-2-1-11-31-15-17)24-14-22(27(30)36-35-24)18-3-7-21(8-4-18)33-28(41)42/h1-11,13-16,23,33H,12H2,(H,34,40)(H,41,42). The summed E-state index contributed by atoms with van der Waals surface area (Å²) in [5.41, 5.74) is 4.25. The molecule has 0 aliphatic carbocycles. The lowest BCUT2D eigenvalue weighted by molar-refractivity contribution is -0.117. The molecule has 14 heteroatoms. The fourth-order valence-corrected chi connectivity index (χ4v) is 4.51. The number of anilines is 1. The zero-order valence-corrected chi connectivity index (χ0v) is 23.1. The lowest BCUT2D eigenvalue weighted by Crippen LogP contribution is -2.29. The van der Waals surface area contributed by atoms with Gasteiger partial charge in [-0.05, 0) is 76.5 Å². The van der Waals surface area contributed by atoms with Crippen LogP contribution >= 0.6 is 23.2 Å². The van der Waals surface area contributed by atoms with E-state index in [1.165, 1.54) is 17.1 Å².